The number of benzene rings is 2. The molecule has 104 valence electrons. The zero-order chi connectivity index (χ0) is 13.4. The van der Waals surface area contributed by atoms with Crippen molar-refractivity contribution >= 4 is 10.8 Å². The first-order valence-electron chi connectivity index (χ1n) is 6.91. The van der Waals surface area contributed by atoms with Gasteiger partial charge in [0.2, 0.25) is 0 Å². The van der Waals surface area contributed by atoms with Crippen LogP contribution in [0.2, 0.25) is 0 Å². The monoisotopic (exact) mass is 272 g/mol. The van der Waals surface area contributed by atoms with Crippen LogP contribution in [0.3, 0.4) is 0 Å². The fourth-order valence-electron chi connectivity index (χ4n) is 2.19. The molecule has 0 spiro atoms. The molecule has 0 bridgehead atoms. The minimum atomic E-state index is 0.261. The second-order valence-electron chi connectivity index (χ2n) is 5.14. The van der Waals surface area contributed by atoms with Gasteiger partial charge in [-0.1, -0.05) is 24.3 Å². The molecule has 2 fully saturated rings. The highest BCUT2D eigenvalue weighted by atomic mass is 16.6. The van der Waals surface area contributed by atoms with Crippen LogP contribution >= 0.6 is 0 Å². The summed E-state index contributed by atoms with van der Waals surface area (Å²) in [4.78, 5) is 0. The van der Waals surface area contributed by atoms with Crippen molar-refractivity contribution in [1.29, 1.82) is 0 Å². The summed E-state index contributed by atoms with van der Waals surface area (Å²) in [6, 6.07) is 12.1. The van der Waals surface area contributed by atoms with Gasteiger partial charge in [-0.05, 0) is 12.1 Å². The number of epoxide rings is 2. The minimum Gasteiger partial charge on any atom is -0.490 e. The fourth-order valence-corrected chi connectivity index (χ4v) is 2.19. The molecule has 4 heteroatoms. The van der Waals surface area contributed by atoms with E-state index >= 15 is 0 Å². The number of fused-ring (bicyclic) bond motifs is 1. The molecule has 2 aliphatic heterocycles. The van der Waals surface area contributed by atoms with Crippen LogP contribution in [0, 0.1) is 0 Å². The summed E-state index contributed by atoms with van der Waals surface area (Å²) in [5.74, 6) is 1.76. The molecule has 2 saturated heterocycles. The maximum Gasteiger partial charge on any atom is 0.127 e. The molecule has 2 aromatic carbocycles. The van der Waals surface area contributed by atoms with Gasteiger partial charge < -0.3 is 18.9 Å². The third-order valence-corrected chi connectivity index (χ3v) is 3.50. The van der Waals surface area contributed by atoms with E-state index in [1.54, 1.807) is 0 Å². The first kappa shape index (κ1) is 12.0. The first-order valence-corrected chi connectivity index (χ1v) is 6.91. The quantitative estimate of drug-likeness (QED) is 0.757. The summed E-state index contributed by atoms with van der Waals surface area (Å²) in [5.41, 5.74) is 0. The van der Waals surface area contributed by atoms with Gasteiger partial charge in [0.05, 0.1) is 13.2 Å². The Morgan fingerprint density at radius 1 is 0.800 bits per heavy atom. The third kappa shape index (κ3) is 2.57. The van der Waals surface area contributed by atoms with E-state index in [0.29, 0.717) is 13.2 Å². The second-order valence-corrected chi connectivity index (χ2v) is 5.14. The van der Waals surface area contributed by atoms with Crippen LogP contribution in [-0.4, -0.2) is 38.6 Å². The molecule has 0 radical (unpaired) electrons. The van der Waals surface area contributed by atoms with E-state index in [2.05, 4.69) is 12.1 Å². The third-order valence-electron chi connectivity index (χ3n) is 3.50. The number of ether oxygens (including phenoxy) is 4. The van der Waals surface area contributed by atoms with Crippen LogP contribution in [0.25, 0.3) is 10.8 Å². The van der Waals surface area contributed by atoms with Crippen LogP contribution < -0.4 is 9.47 Å². The highest BCUT2D eigenvalue weighted by molar-refractivity contribution is 5.93. The van der Waals surface area contributed by atoms with Crippen LogP contribution in [0.5, 0.6) is 11.5 Å². The molecular formula is C16H16O4. The van der Waals surface area contributed by atoms with E-state index in [0.717, 1.165) is 35.5 Å². The van der Waals surface area contributed by atoms with E-state index in [4.69, 9.17) is 18.9 Å². The Labute approximate surface area is 117 Å². The van der Waals surface area contributed by atoms with Gasteiger partial charge >= 0.3 is 0 Å². The van der Waals surface area contributed by atoms with E-state index in [-0.39, 0.29) is 12.2 Å². The van der Waals surface area contributed by atoms with Gasteiger partial charge in [-0.25, -0.2) is 0 Å². The van der Waals surface area contributed by atoms with Crippen molar-refractivity contribution in [1.82, 2.24) is 0 Å². The molecule has 0 aromatic heterocycles. The van der Waals surface area contributed by atoms with Crippen LogP contribution in [0.4, 0.5) is 0 Å². The van der Waals surface area contributed by atoms with Crippen molar-refractivity contribution in [3.8, 4) is 11.5 Å². The van der Waals surface area contributed by atoms with Gasteiger partial charge in [0, 0.05) is 10.8 Å². The normalized spacial score (nSPS) is 23.6. The average Bonchev–Trinajstić information content (AvgIpc) is 3.38. The molecular weight excluding hydrogens is 256 g/mol. The Balaban J connectivity index is 1.61. The van der Waals surface area contributed by atoms with Gasteiger partial charge in [-0.2, -0.15) is 0 Å². The predicted octanol–water partition coefficient (Wildman–Crippen LogP) is 2.40. The minimum absolute atomic E-state index is 0.261. The lowest BCUT2D eigenvalue weighted by molar-refractivity contribution is 0.261. The molecule has 2 aromatic rings. The summed E-state index contributed by atoms with van der Waals surface area (Å²) in [5, 5.41) is 2.14. The molecule has 4 nitrogen and oxygen atoms in total. The summed E-state index contributed by atoms with van der Waals surface area (Å²) >= 11 is 0. The largest absolute Gasteiger partial charge is 0.490 e. The Kier molecular flexibility index (Phi) is 2.98. The highest BCUT2D eigenvalue weighted by Crippen LogP contribution is 2.34. The van der Waals surface area contributed by atoms with Gasteiger partial charge in [0.15, 0.2) is 0 Å². The van der Waals surface area contributed by atoms with Gasteiger partial charge in [-0.15, -0.1) is 0 Å². The Hall–Kier alpha value is -1.78. The lowest BCUT2D eigenvalue weighted by Gasteiger charge is -2.12. The number of rotatable bonds is 6. The smallest absolute Gasteiger partial charge is 0.127 e. The topological polar surface area (TPSA) is 43.5 Å². The SMILES string of the molecule is c1ccc2c(OCC3CO3)ccc(OCC3CO3)c2c1. The molecule has 20 heavy (non-hydrogen) atoms. The number of hydrogen-bond donors (Lipinski definition) is 0. The van der Waals surface area contributed by atoms with Crippen LogP contribution in [0.1, 0.15) is 0 Å². The second kappa shape index (κ2) is 4.96. The summed E-state index contributed by atoms with van der Waals surface area (Å²) in [7, 11) is 0. The molecule has 2 aliphatic rings. The number of hydrogen-bond acceptors (Lipinski definition) is 4. The van der Waals surface area contributed by atoms with Crippen LogP contribution in [0.15, 0.2) is 36.4 Å². The average molecular weight is 272 g/mol. The predicted molar refractivity (Wildman–Crippen MR) is 74.4 cm³/mol. The molecule has 0 saturated carbocycles. The highest BCUT2D eigenvalue weighted by Gasteiger charge is 2.24. The fraction of sp³-hybridized carbons (Fsp3) is 0.375. The standard InChI is InChI=1S/C16H16O4/c1-2-4-14-13(3-1)15(19-9-11-7-17-11)5-6-16(14)20-10-12-8-18-12/h1-6,11-12H,7-10H2. The molecule has 0 N–H and O–H groups in total. The van der Waals surface area contributed by atoms with E-state index in [1.807, 2.05) is 24.3 Å². The van der Waals surface area contributed by atoms with Crippen molar-refractivity contribution in [3.63, 3.8) is 0 Å². The molecule has 2 heterocycles. The van der Waals surface area contributed by atoms with Gasteiger partial charge in [0.1, 0.15) is 36.9 Å². The lowest BCUT2D eigenvalue weighted by atomic mass is 10.1. The summed E-state index contributed by atoms with van der Waals surface area (Å²) in [6.45, 7) is 2.83. The molecule has 0 aliphatic carbocycles. The molecule has 2 unspecified atom stereocenters. The lowest BCUT2D eigenvalue weighted by Crippen LogP contribution is -2.06. The van der Waals surface area contributed by atoms with E-state index in [9.17, 15) is 0 Å². The first-order chi connectivity index (χ1) is 9.90. The summed E-state index contributed by atoms with van der Waals surface area (Å²) in [6.07, 6.45) is 0.522. The Morgan fingerprint density at radius 3 is 1.65 bits per heavy atom. The van der Waals surface area contributed by atoms with E-state index < -0.39 is 0 Å². The van der Waals surface area contributed by atoms with Gasteiger partial charge in [-0.3, -0.25) is 0 Å². The zero-order valence-corrected chi connectivity index (χ0v) is 11.1. The van der Waals surface area contributed by atoms with Crippen molar-refractivity contribution < 1.29 is 18.9 Å². The van der Waals surface area contributed by atoms with E-state index in [1.165, 1.54) is 0 Å². The van der Waals surface area contributed by atoms with Crippen molar-refractivity contribution in [2.45, 2.75) is 12.2 Å². The maximum absolute atomic E-state index is 5.83. The molecule has 2 atom stereocenters. The van der Waals surface area contributed by atoms with Crippen molar-refractivity contribution in [2.24, 2.45) is 0 Å². The van der Waals surface area contributed by atoms with Crippen LogP contribution in [-0.2, 0) is 9.47 Å². The summed E-state index contributed by atoms with van der Waals surface area (Å²) < 4.78 is 22.0. The Morgan fingerprint density at radius 2 is 1.25 bits per heavy atom. The zero-order valence-electron chi connectivity index (χ0n) is 11.1. The molecule has 0 amide bonds. The molecule has 4 rings (SSSR count). The van der Waals surface area contributed by atoms with Gasteiger partial charge in [0.25, 0.3) is 0 Å². The maximum atomic E-state index is 5.83. The van der Waals surface area contributed by atoms with Crippen molar-refractivity contribution in [3.05, 3.63) is 36.4 Å². The Bertz CT molecular complexity index is 562. The van der Waals surface area contributed by atoms with Crippen molar-refractivity contribution in [2.75, 3.05) is 26.4 Å².